The second kappa shape index (κ2) is 9.91. The van der Waals surface area contributed by atoms with Gasteiger partial charge in [-0.25, -0.2) is 0 Å². The normalized spacial score (nSPS) is 11.7. The topological polar surface area (TPSA) is 49.4 Å². The quantitative estimate of drug-likeness (QED) is 0.775. The summed E-state index contributed by atoms with van der Waals surface area (Å²) in [5.74, 6) is -0.157. The van der Waals surface area contributed by atoms with Crippen LogP contribution in [0.15, 0.2) is 48.5 Å². The van der Waals surface area contributed by atoms with Gasteiger partial charge in [0.05, 0.1) is 0 Å². The third-order valence-electron chi connectivity index (χ3n) is 4.91. The Kier molecular flexibility index (Phi) is 7.59. The molecule has 0 unspecified atom stereocenters. The molecule has 0 aliphatic carbocycles. The fourth-order valence-electron chi connectivity index (χ4n) is 3.14. The van der Waals surface area contributed by atoms with E-state index in [9.17, 15) is 9.59 Å². The molecule has 1 atom stereocenters. The van der Waals surface area contributed by atoms with Gasteiger partial charge in [-0.15, -0.1) is 0 Å². The van der Waals surface area contributed by atoms with Crippen molar-refractivity contribution in [1.29, 1.82) is 0 Å². The van der Waals surface area contributed by atoms with Crippen LogP contribution >= 0.6 is 0 Å². The van der Waals surface area contributed by atoms with Gasteiger partial charge in [-0.05, 0) is 43.4 Å². The van der Waals surface area contributed by atoms with E-state index in [2.05, 4.69) is 42.6 Å². The Morgan fingerprint density at radius 2 is 1.70 bits per heavy atom. The van der Waals surface area contributed by atoms with E-state index in [0.29, 0.717) is 19.4 Å². The fraction of sp³-hybridized carbons (Fsp3) is 0.391. The summed E-state index contributed by atoms with van der Waals surface area (Å²) >= 11 is 0. The number of rotatable bonds is 8. The Bertz CT molecular complexity index is 768. The molecule has 2 rings (SSSR count). The molecule has 0 bridgehead atoms. The molecule has 0 saturated carbocycles. The standard InChI is InChI=1S/C23H30N2O2/c1-5-19-9-11-20(12-10-19)13-14-22(26)25(18(3)23(27)24-4)16-21-8-6-7-17(2)15-21/h6-12,15,18H,5,13-14,16H2,1-4H3,(H,24,27)/t18-/m1/s1. The Balaban J connectivity index is 2.10. The zero-order valence-corrected chi connectivity index (χ0v) is 16.8. The lowest BCUT2D eigenvalue weighted by Gasteiger charge is -2.28. The first-order valence-electron chi connectivity index (χ1n) is 9.59. The summed E-state index contributed by atoms with van der Waals surface area (Å²) < 4.78 is 0. The zero-order chi connectivity index (χ0) is 19.8. The van der Waals surface area contributed by atoms with Crippen molar-refractivity contribution >= 4 is 11.8 Å². The molecule has 0 radical (unpaired) electrons. The summed E-state index contributed by atoms with van der Waals surface area (Å²) in [6.45, 7) is 6.37. The number of aryl methyl sites for hydroxylation is 3. The van der Waals surface area contributed by atoms with Gasteiger partial charge in [-0.3, -0.25) is 9.59 Å². The molecule has 4 nitrogen and oxygen atoms in total. The Morgan fingerprint density at radius 3 is 2.30 bits per heavy atom. The maximum Gasteiger partial charge on any atom is 0.242 e. The molecule has 2 aromatic rings. The van der Waals surface area contributed by atoms with Crippen LogP contribution in [0, 0.1) is 6.92 Å². The summed E-state index contributed by atoms with van der Waals surface area (Å²) in [6.07, 6.45) is 2.07. The molecule has 0 aromatic heterocycles. The van der Waals surface area contributed by atoms with Crippen LogP contribution in [0.2, 0.25) is 0 Å². The Morgan fingerprint density at radius 1 is 1.04 bits per heavy atom. The van der Waals surface area contributed by atoms with Crippen LogP contribution in [0.3, 0.4) is 0 Å². The van der Waals surface area contributed by atoms with E-state index in [4.69, 9.17) is 0 Å². The third-order valence-corrected chi connectivity index (χ3v) is 4.91. The number of benzene rings is 2. The predicted molar refractivity (Wildman–Crippen MR) is 109 cm³/mol. The van der Waals surface area contributed by atoms with E-state index in [1.54, 1.807) is 18.9 Å². The first kappa shape index (κ1) is 20.7. The van der Waals surface area contributed by atoms with Gasteiger partial charge >= 0.3 is 0 Å². The molecule has 0 spiro atoms. The molecule has 0 aliphatic heterocycles. The Labute approximate surface area is 162 Å². The molecule has 2 amide bonds. The van der Waals surface area contributed by atoms with Gasteiger partial charge in [-0.2, -0.15) is 0 Å². The molecule has 0 fully saturated rings. The summed E-state index contributed by atoms with van der Waals surface area (Å²) in [4.78, 5) is 26.8. The van der Waals surface area contributed by atoms with Crippen LogP contribution < -0.4 is 5.32 Å². The highest BCUT2D eigenvalue weighted by atomic mass is 16.2. The second-order valence-electron chi connectivity index (χ2n) is 6.97. The molecule has 2 aromatic carbocycles. The molecule has 0 aliphatic rings. The van der Waals surface area contributed by atoms with E-state index in [-0.39, 0.29) is 11.8 Å². The van der Waals surface area contributed by atoms with Gasteiger partial charge in [0.25, 0.3) is 0 Å². The summed E-state index contributed by atoms with van der Waals surface area (Å²) in [6, 6.07) is 15.9. The van der Waals surface area contributed by atoms with E-state index in [1.165, 1.54) is 5.56 Å². The second-order valence-corrected chi connectivity index (χ2v) is 6.97. The maximum absolute atomic E-state index is 12.9. The van der Waals surface area contributed by atoms with Gasteiger partial charge < -0.3 is 10.2 Å². The van der Waals surface area contributed by atoms with Crippen molar-refractivity contribution in [3.05, 3.63) is 70.8 Å². The molecular weight excluding hydrogens is 336 g/mol. The predicted octanol–water partition coefficient (Wildman–Crippen LogP) is 3.65. The summed E-state index contributed by atoms with van der Waals surface area (Å²) in [5, 5.41) is 2.65. The summed E-state index contributed by atoms with van der Waals surface area (Å²) in [7, 11) is 1.60. The largest absolute Gasteiger partial charge is 0.357 e. The van der Waals surface area contributed by atoms with Crippen LogP contribution in [0.1, 0.15) is 42.5 Å². The number of hydrogen-bond acceptors (Lipinski definition) is 2. The number of amides is 2. The van der Waals surface area contributed by atoms with Crippen LogP contribution in [0.5, 0.6) is 0 Å². The van der Waals surface area contributed by atoms with Crippen molar-refractivity contribution in [2.24, 2.45) is 0 Å². The lowest BCUT2D eigenvalue weighted by molar-refractivity contribution is -0.140. The van der Waals surface area contributed by atoms with E-state index in [0.717, 1.165) is 23.1 Å². The zero-order valence-electron chi connectivity index (χ0n) is 16.8. The highest BCUT2D eigenvalue weighted by Gasteiger charge is 2.25. The van der Waals surface area contributed by atoms with E-state index >= 15 is 0 Å². The van der Waals surface area contributed by atoms with Crippen molar-refractivity contribution in [3.63, 3.8) is 0 Å². The molecule has 144 valence electrons. The number of nitrogens with one attached hydrogen (secondary N) is 1. The van der Waals surface area contributed by atoms with Crippen molar-refractivity contribution in [3.8, 4) is 0 Å². The molecule has 4 heteroatoms. The molecular formula is C23H30N2O2. The number of nitrogens with zero attached hydrogens (tertiary/aromatic N) is 1. The Hall–Kier alpha value is -2.62. The number of hydrogen-bond donors (Lipinski definition) is 1. The summed E-state index contributed by atoms with van der Waals surface area (Å²) in [5.41, 5.74) is 4.61. The lowest BCUT2D eigenvalue weighted by Crippen LogP contribution is -2.46. The lowest BCUT2D eigenvalue weighted by atomic mass is 10.0. The van der Waals surface area contributed by atoms with Gasteiger partial charge in [0, 0.05) is 20.0 Å². The fourth-order valence-corrected chi connectivity index (χ4v) is 3.14. The van der Waals surface area contributed by atoms with Gasteiger partial charge in [-0.1, -0.05) is 61.0 Å². The minimum atomic E-state index is -0.509. The van der Waals surface area contributed by atoms with Gasteiger partial charge in [0.2, 0.25) is 11.8 Å². The SMILES string of the molecule is CCc1ccc(CCC(=O)N(Cc2cccc(C)c2)[C@H](C)C(=O)NC)cc1. The first-order chi connectivity index (χ1) is 12.9. The van der Waals surface area contributed by atoms with E-state index in [1.807, 2.05) is 25.1 Å². The number of carbonyl (C=O) groups is 2. The van der Waals surface area contributed by atoms with Crippen molar-refractivity contribution in [2.75, 3.05) is 7.05 Å². The average molecular weight is 367 g/mol. The first-order valence-corrected chi connectivity index (χ1v) is 9.59. The average Bonchev–Trinajstić information content (AvgIpc) is 2.69. The van der Waals surface area contributed by atoms with Crippen molar-refractivity contribution < 1.29 is 9.59 Å². The number of carbonyl (C=O) groups excluding carboxylic acids is 2. The highest BCUT2D eigenvalue weighted by molar-refractivity contribution is 5.87. The third kappa shape index (κ3) is 5.95. The van der Waals surface area contributed by atoms with Gasteiger partial charge in [0.1, 0.15) is 6.04 Å². The maximum atomic E-state index is 12.9. The van der Waals surface area contributed by atoms with Crippen molar-refractivity contribution in [1.82, 2.24) is 10.2 Å². The van der Waals surface area contributed by atoms with Crippen molar-refractivity contribution in [2.45, 2.75) is 52.6 Å². The number of likely N-dealkylation sites (N-methyl/N-ethyl adjacent to an activating group) is 1. The smallest absolute Gasteiger partial charge is 0.242 e. The highest BCUT2D eigenvalue weighted by Crippen LogP contribution is 2.14. The van der Waals surface area contributed by atoms with Crippen LogP contribution in [-0.4, -0.2) is 29.8 Å². The molecule has 0 heterocycles. The molecule has 27 heavy (non-hydrogen) atoms. The van der Waals surface area contributed by atoms with Crippen LogP contribution in [0.4, 0.5) is 0 Å². The minimum absolute atomic E-state index is 0.00725. The van der Waals surface area contributed by atoms with Crippen LogP contribution in [-0.2, 0) is 29.0 Å². The van der Waals surface area contributed by atoms with Crippen LogP contribution in [0.25, 0.3) is 0 Å². The molecule has 1 N–H and O–H groups in total. The monoisotopic (exact) mass is 366 g/mol. The van der Waals surface area contributed by atoms with Gasteiger partial charge in [0.15, 0.2) is 0 Å². The molecule has 0 saturated heterocycles. The van der Waals surface area contributed by atoms with E-state index < -0.39 is 6.04 Å². The minimum Gasteiger partial charge on any atom is -0.357 e.